The smallest absolute Gasteiger partial charge is 0.259 e. The van der Waals surface area contributed by atoms with E-state index in [9.17, 15) is 4.79 Å². The van der Waals surface area contributed by atoms with Crippen LogP contribution in [0.5, 0.6) is 0 Å². The highest BCUT2D eigenvalue weighted by molar-refractivity contribution is 6.34. The van der Waals surface area contributed by atoms with Crippen LogP contribution in [-0.4, -0.2) is 15.7 Å². The molecule has 0 unspecified atom stereocenters. The molecule has 1 aromatic heterocycles. The molecule has 2 rings (SSSR count). The number of benzene rings is 1. The van der Waals surface area contributed by atoms with Crippen LogP contribution in [-0.2, 0) is 7.05 Å². The number of rotatable bonds is 2. The van der Waals surface area contributed by atoms with Gasteiger partial charge < -0.3 is 5.32 Å². The summed E-state index contributed by atoms with van der Waals surface area (Å²) >= 11 is 6.00. The first-order valence-electron chi connectivity index (χ1n) is 5.52. The van der Waals surface area contributed by atoms with Crippen molar-refractivity contribution in [3.63, 3.8) is 0 Å². The summed E-state index contributed by atoms with van der Waals surface area (Å²) < 4.78 is 1.62. The standard InChI is InChI=1S/C13H11ClN4O/c1-8-10(7-16-18(8)2)13(19)17-12-4-3-9(6-15)5-11(12)14/h3-5,7H,1-2H3,(H,17,19). The van der Waals surface area contributed by atoms with E-state index in [0.29, 0.717) is 21.8 Å². The van der Waals surface area contributed by atoms with Gasteiger partial charge in [-0.25, -0.2) is 0 Å². The molecule has 0 saturated heterocycles. The second-order valence-electron chi connectivity index (χ2n) is 4.03. The summed E-state index contributed by atoms with van der Waals surface area (Å²) in [5.74, 6) is -0.280. The van der Waals surface area contributed by atoms with Gasteiger partial charge in [0, 0.05) is 12.7 Å². The molecule has 0 fully saturated rings. The molecule has 5 nitrogen and oxygen atoms in total. The van der Waals surface area contributed by atoms with Crippen molar-refractivity contribution >= 4 is 23.2 Å². The molecule has 0 atom stereocenters. The summed E-state index contributed by atoms with van der Waals surface area (Å²) in [5.41, 5.74) is 2.17. The maximum Gasteiger partial charge on any atom is 0.259 e. The molecule has 19 heavy (non-hydrogen) atoms. The molecule has 0 bridgehead atoms. The van der Waals surface area contributed by atoms with E-state index < -0.39 is 0 Å². The zero-order chi connectivity index (χ0) is 14.0. The number of carbonyl (C=O) groups is 1. The molecule has 0 aliphatic rings. The molecule has 6 heteroatoms. The number of nitrogens with one attached hydrogen (secondary N) is 1. The average molecular weight is 275 g/mol. The summed E-state index contributed by atoms with van der Waals surface area (Å²) in [4.78, 5) is 12.1. The fourth-order valence-electron chi connectivity index (χ4n) is 1.60. The number of nitrogens with zero attached hydrogens (tertiary/aromatic N) is 3. The lowest BCUT2D eigenvalue weighted by Crippen LogP contribution is -2.13. The number of amides is 1. The van der Waals surface area contributed by atoms with Crippen LogP contribution in [0, 0.1) is 18.3 Å². The molecule has 2 aromatic rings. The number of hydrogen-bond donors (Lipinski definition) is 1. The summed E-state index contributed by atoms with van der Waals surface area (Å²) in [7, 11) is 1.76. The molecule has 0 aliphatic carbocycles. The predicted octanol–water partition coefficient (Wildman–Crippen LogP) is 2.51. The third-order valence-corrected chi connectivity index (χ3v) is 3.14. The minimum Gasteiger partial charge on any atom is -0.321 e. The highest BCUT2D eigenvalue weighted by Gasteiger charge is 2.14. The van der Waals surface area contributed by atoms with Gasteiger partial charge in [0.1, 0.15) is 0 Å². The second-order valence-corrected chi connectivity index (χ2v) is 4.44. The maximum absolute atomic E-state index is 12.1. The molecule has 0 radical (unpaired) electrons. The van der Waals surface area contributed by atoms with Crippen molar-refractivity contribution < 1.29 is 4.79 Å². The Hall–Kier alpha value is -2.32. The molecule has 0 spiro atoms. The molecule has 0 aliphatic heterocycles. The van der Waals surface area contributed by atoms with Gasteiger partial charge in [0.05, 0.1) is 34.1 Å². The van der Waals surface area contributed by atoms with Gasteiger partial charge in [0.25, 0.3) is 5.91 Å². The zero-order valence-corrected chi connectivity index (χ0v) is 11.2. The van der Waals surface area contributed by atoms with Crippen molar-refractivity contribution in [2.75, 3.05) is 5.32 Å². The molecule has 1 amide bonds. The molecule has 1 heterocycles. The Balaban J connectivity index is 2.25. The third kappa shape index (κ3) is 2.59. The Bertz CT molecular complexity index is 684. The zero-order valence-electron chi connectivity index (χ0n) is 10.4. The lowest BCUT2D eigenvalue weighted by Gasteiger charge is -2.07. The first-order valence-corrected chi connectivity index (χ1v) is 5.90. The van der Waals surface area contributed by atoms with E-state index in [2.05, 4.69) is 10.4 Å². The van der Waals surface area contributed by atoms with Gasteiger partial charge in [-0.2, -0.15) is 10.4 Å². The highest BCUT2D eigenvalue weighted by atomic mass is 35.5. The second kappa shape index (κ2) is 5.12. The van der Waals surface area contributed by atoms with Crippen molar-refractivity contribution in [3.8, 4) is 6.07 Å². The Kier molecular flexibility index (Phi) is 3.54. The first-order chi connectivity index (χ1) is 9.02. The van der Waals surface area contributed by atoms with Crippen LogP contribution in [0.15, 0.2) is 24.4 Å². The Morgan fingerprint density at radius 3 is 2.79 bits per heavy atom. The fourth-order valence-corrected chi connectivity index (χ4v) is 1.83. The quantitative estimate of drug-likeness (QED) is 0.915. The van der Waals surface area contributed by atoms with Gasteiger partial charge in [-0.3, -0.25) is 9.48 Å². The number of halogens is 1. The number of aryl methyl sites for hydroxylation is 1. The lowest BCUT2D eigenvalue weighted by molar-refractivity contribution is 0.102. The van der Waals surface area contributed by atoms with Crippen LogP contribution >= 0.6 is 11.6 Å². The van der Waals surface area contributed by atoms with Crippen LogP contribution in [0.1, 0.15) is 21.6 Å². The van der Waals surface area contributed by atoms with Gasteiger partial charge in [-0.15, -0.1) is 0 Å². The van der Waals surface area contributed by atoms with E-state index in [-0.39, 0.29) is 5.91 Å². The summed E-state index contributed by atoms with van der Waals surface area (Å²) in [5, 5.41) is 15.8. The molecule has 1 aromatic carbocycles. The summed E-state index contributed by atoms with van der Waals surface area (Å²) in [6.07, 6.45) is 1.50. The van der Waals surface area contributed by atoms with Crippen molar-refractivity contribution in [1.29, 1.82) is 5.26 Å². The van der Waals surface area contributed by atoms with E-state index in [1.165, 1.54) is 12.3 Å². The van der Waals surface area contributed by atoms with Crippen molar-refractivity contribution in [1.82, 2.24) is 9.78 Å². The monoisotopic (exact) mass is 274 g/mol. The van der Waals surface area contributed by atoms with Crippen molar-refractivity contribution in [2.24, 2.45) is 7.05 Å². The number of nitriles is 1. The van der Waals surface area contributed by atoms with Crippen LogP contribution in [0.4, 0.5) is 5.69 Å². The van der Waals surface area contributed by atoms with Crippen molar-refractivity contribution in [2.45, 2.75) is 6.92 Å². The fraction of sp³-hybridized carbons (Fsp3) is 0.154. The van der Waals surface area contributed by atoms with Crippen LogP contribution in [0.3, 0.4) is 0 Å². The molecule has 96 valence electrons. The third-order valence-electron chi connectivity index (χ3n) is 2.83. The predicted molar refractivity (Wildman–Crippen MR) is 72.1 cm³/mol. The Labute approximate surface area is 115 Å². The highest BCUT2D eigenvalue weighted by Crippen LogP contribution is 2.23. The topological polar surface area (TPSA) is 70.7 Å². The SMILES string of the molecule is Cc1c(C(=O)Nc2ccc(C#N)cc2Cl)cnn1C. The van der Waals surface area contributed by atoms with E-state index in [0.717, 1.165) is 5.69 Å². The Morgan fingerprint density at radius 1 is 1.53 bits per heavy atom. The summed E-state index contributed by atoms with van der Waals surface area (Å²) in [6, 6.07) is 6.69. The minimum atomic E-state index is -0.280. The molecule has 1 N–H and O–H groups in total. The van der Waals surface area contributed by atoms with Gasteiger partial charge >= 0.3 is 0 Å². The van der Waals surface area contributed by atoms with Gasteiger partial charge in [0.2, 0.25) is 0 Å². The van der Waals surface area contributed by atoms with Crippen LogP contribution in [0.2, 0.25) is 5.02 Å². The van der Waals surface area contributed by atoms with E-state index in [1.807, 2.05) is 13.0 Å². The van der Waals surface area contributed by atoms with Gasteiger partial charge in [-0.1, -0.05) is 11.6 Å². The van der Waals surface area contributed by atoms with Crippen LogP contribution < -0.4 is 5.32 Å². The van der Waals surface area contributed by atoms with Crippen LogP contribution in [0.25, 0.3) is 0 Å². The summed E-state index contributed by atoms with van der Waals surface area (Å²) in [6.45, 7) is 1.81. The minimum absolute atomic E-state index is 0.280. The largest absolute Gasteiger partial charge is 0.321 e. The van der Waals surface area contributed by atoms with E-state index in [4.69, 9.17) is 16.9 Å². The number of carbonyl (C=O) groups excluding carboxylic acids is 1. The number of aromatic nitrogens is 2. The Morgan fingerprint density at radius 2 is 2.26 bits per heavy atom. The normalized spacial score (nSPS) is 10.0. The molecular weight excluding hydrogens is 264 g/mol. The van der Waals surface area contributed by atoms with E-state index in [1.54, 1.807) is 23.9 Å². The molecule has 0 saturated carbocycles. The lowest BCUT2D eigenvalue weighted by atomic mass is 10.2. The molecular formula is C13H11ClN4O. The van der Waals surface area contributed by atoms with E-state index >= 15 is 0 Å². The number of anilines is 1. The average Bonchev–Trinajstić information content (AvgIpc) is 2.72. The van der Waals surface area contributed by atoms with Gasteiger partial charge in [-0.05, 0) is 25.1 Å². The van der Waals surface area contributed by atoms with Crippen molar-refractivity contribution in [3.05, 3.63) is 46.2 Å². The number of hydrogen-bond acceptors (Lipinski definition) is 3. The first kappa shape index (κ1) is 13.1. The maximum atomic E-state index is 12.1. The van der Waals surface area contributed by atoms with Gasteiger partial charge in [0.15, 0.2) is 0 Å².